The van der Waals surface area contributed by atoms with E-state index in [0.29, 0.717) is 11.1 Å². The highest BCUT2D eigenvalue weighted by Gasteiger charge is 2.26. The second-order valence-electron chi connectivity index (χ2n) is 7.27. The van der Waals surface area contributed by atoms with E-state index in [4.69, 9.17) is 0 Å². The van der Waals surface area contributed by atoms with Crippen molar-refractivity contribution in [1.29, 1.82) is 0 Å². The monoisotopic (exact) mass is 366 g/mol. The minimum absolute atomic E-state index is 0.0924. The molecule has 0 bridgehead atoms. The van der Waals surface area contributed by atoms with E-state index in [1.54, 1.807) is 13.0 Å². The molecule has 1 aromatic carbocycles. The van der Waals surface area contributed by atoms with Gasteiger partial charge in [-0.2, -0.15) is 0 Å². The van der Waals surface area contributed by atoms with Crippen molar-refractivity contribution in [3.8, 4) is 0 Å². The number of hydrogen-bond acceptors (Lipinski definition) is 3. The number of aryl methyl sites for hydroxylation is 1. The van der Waals surface area contributed by atoms with Gasteiger partial charge in [-0.25, -0.2) is 12.7 Å². The molecule has 2 rings (SSSR count). The summed E-state index contributed by atoms with van der Waals surface area (Å²) >= 11 is 0. The maximum absolute atomic E-state index is 13.0. The maximum Gasteiger partial charge on any atom is 0.253 e. The van der Waals surface area contributed by atoms with E-state index < -0.39 is 10.0 Å². The van der Waals surface area contributed by atoms with Gasteiger partial charge in [0.15, 0.2) is 0 Å². The molecule has 5 nitrogen and oxygen atoms in total. The molecule has 0 aliphatic heterocycles. The quantitative estimate of drug-likeness (QED) is 0.768. The summed E-state index contributed by atoms with van der Waals surface area (Å²) in [4.78, 5) is 15.0. The Labute approximate surface area is 152 Å². The van der Waals surface area contributed by atoms with E-state index in [2.05, 4.69) is 0 Å². The van der Waals surface area contributed by atoms with Gasteiger partial charge in [-0.15, -0.1) is 0 Å². The summed E-state index contributed by atoms with van der Waals surface area (Å²) in [5.41, 5.74) is 1.97. The minimum Gasteiger partial charge on any atom is -0.339 e. The van der Waals surface area contributed by atoms with Gasteiger partial charge >= 0.3 is 0 Å². The first-order valence-corrected chi connectivity index (χ1v) is 10.4. The molecular formula is C19H30N2O3S. The predicted molar refractivity (Wildman–Crippen MR) is 100 cm³/mol. The molecule has 6 heteroatoms. The second-order valence-corrected chi connectivity index (χ2v) is 9.39. The van der Waals surface area contributed by atoms with E-state index in [9.17, 15) is 13.2 Å². The molecule has 1 amide bonds. The van der Waals surface area contributed by atoms with Crippen LogP contribution in [0.1, 0.15) is 60.0 Å². The van der Waals surface area contributed by atoms with Crippen LogP contribution in [-0.2, 0) is 10.0 Å². The van der Waals surface area contributed by atoms with Crippen molar-refractivity contribution < 1.29 is 13.2 Å². The minimum atomic E-state index is -3.58. The fraction of sp³-hybridized carbons (Fsp3) is 0.632. The molecule has 1 fully saturated rings. The molecule has 140 valence electrons. The molecule has 1 aliphatic carbocycles. The van der Waals surface area contributed by atoms with Gasteiger partial charge < -0.3 is 4.90 Å². The SMILES string of the molecule is Cc1cc(C(=O)N(C)C2CCCCCC2)cc(S(=O)(=O)N(C)C)c1C. The standard InChI is InChI=1S/C19H30N2O3S/c1-14-12-16(13-18(15(14)2)25(23,24)20(3)4)19(22)21(5)17-10-8-6-7-9-11-17/h12-13,17H,6-11H2,1-5H3. The molecule has 25 heavy (non-hydrogen) atoms. The number of hydrogen-bond donors (Lipinski definition) is 0. The number of benzene rings is 1. The lowest BCUT2D eigenvalue weighted by atomic mass is 10.0. The van der Waals surface area contributed by atoms with Gasteiger partial charge in [0.2, 0.25) is 10.0 Å². The third-order valence-corrected chi connectivity index (χ3v) is 7.26. The summed E-state index contributed by atoms with van der Waals surface area (Å²) in [7, 11) is 1.28. The van der Waals surface area contributed by atoms with Gasteiger partial charge in [0.25, 0.3) is 5.91 Å². The summed E-state index contributed by atoms with van der Waals surface area (Å²) < 4.78 is 26.4. The Bertz CT molecular complexity index is 733. The summed E-state index contributed by atoms with van der Waals surface area (Å²) in [6.45, 7) is 3.64. The first-order chi connectivity index (χ1) is 11.7. The molecule has 0 saturated heterocycles. The number of sulfonamides is 1. The Kier molecular flexibility index (Phi) is 6.27. The first-order valence-electron chi connectivity index (χ1n) is 8.97. The first kappa shape index (κ1) is 19.9. The van der Waals surface area contributed by atoms with E-state index >= 15 is 0 Å². The molecule has 1 aromatic rings. The molecule has 0 spiro atoms. The number of carbonyl (C=O) groups is 1. The highest BCUT2D eigenvalue weighted by Crippen LogP contribution is 2.26. The summed E-state index contributed by atoms with van der Waals surface area (Å²) in [6, 6.07) is 3.58. The lowest BCUT2D eigenvalue weighted by molar-refractivity contribution is 0.0717. The molecule has 0 radical (unpaired) electrons. The van der Waals surface area contributed by atoms with Gasteiger partial charge in [-0.3, -0.25) is 4.79 Å². The van der Waals surface area contributed by atoms with Crippen molar-refractivity contribution in [3.63, 3.8) is 0 Å². The van der Waals surface area contributed by atoms with Gasteiger partial charge in [-0.05, 0) is 49.9 Å². The topological polar surface area (TPSA) is 57.7 Å². The predicted octanol–water partition coefficient (Wildman–Crippen LogP) is 3.35. The van der Waals surface area contributed by atoms with E-state index in [-0.39, 0.29) is 16.8 Å². The fourth-order valence-electron chi connectivity index (χ4n) is 3.43. The normalized spacial score (nSPS) is 16.7. The van der Waals surface area contributed by atoms with Crippen molar-refractivity contribution in [3.05, 3.63) is 28.8 Å². The molecular weight excluding hydrogens is 336 g/mol. The molecule has 1 aliphatic rings. The van der Waals surface area contributed by atoms with Crippen LogP contribution in [0.25, 0.3) is 0 Å². The van der Waals surface area contributed by atoms with Crippen molar-refractivity contribution in [2.45, 2.75) is 63.3 Å². The maximum atomic E-state index is 13.0. The van der Waals surface area contributed by atoms with Crippen molar-refractivity contribution in [2.75, 3.05) is 21.1 Å². The van der Waals surface area contributed by atoms with Gasteiger partial charge in [0, 0.05) is 32.7 Å². The van der Waals surface area contributed by atoms with Gasteiger partial charge in [-0.1, -0.05) is 25.7 Å². The van der Waals surface area contributed by atoms with Gasteiger partial charge in [0.1, 0.15) is 0 Å². The van der Waals surface area contributed by atoms with Gasteiger partial charge in [0.05, 0.1) is 4.90 Å². The Morgan fingerprint density at radius 1 is 1.00 bits per heavy atom. The molecule has 0 heterocycles. The van der Waals surface area contributed by atoms with E-state index in [1.165, 1.54) is 37.3 Å². The van der Waals surface area contributed by atoms with Crippen LogP contribution in [0.3, 0.4) is 0 Å². The smallest absolute Gasteiger partial charge is 0.253 e. The second kappa shape index (κ2) is 7.87. The van der Waals surface area contributed by atoms with Crippen molar-refractivity contribution >= 4 is 15.9 Å². The fourth-order valence-corrected chi connectivity index (χ4v) is 4.65. The van der Waals surface area contributed by atoms with Crippen LogP contribution in [0.5, 0.6) is 0 Å². The Morgan fingerprint density at radius 2 is 1.56 bits per heavy atom. The zero-order valence-corrected chi connectivity index (χ0v) is 16.8. The summed E-state index contributed by atoms with van der Waals surface area (Å²) in [5.74, 6) is -0.0924. The number of nitrogens with zero attached hydrogens (tertiary/aromatic N) is 2. The van der Waals surface area contributed by atoms with E-state index in [0.717, 1.165) is 31.2 Å². The average Bonchev–Trinajstić information content (AvgIpc) is 2.84. The molecule has 0 aromatic heterocycles. The zero-order chi connectivity index (χ0) is 18.8. The van der Waals surface area contributed by atoms with E-state index in [1.807, 2.05) is 18.9 Å². The Morgan fingerprint density at radius 3 is 2.08 bits per heavy atom. The molecule has 0 atom stereocenters. The highest BCUT2D eigenvalue weighted by atomic mass is 32.2. The van der Waals surface area contributed by atoms with Crippen LogP contribution in [0.2, 0.25) is 0 Å². The van der Waals surface area contributed by atoms with Crippen LogP contribution in [0.4, 0.5) is 0 Å². The number of amides is 1. The largest absolute Gasteiger partial charge is 0.339 e. The summed E-state index contributed by atoms with van der Waals surface area (Å²) in [5, 5.41) is 0. The molecule has 1 saturated carbocycles. The lowest BCUT2D eigenvalue weighted by Crippen LogP contribution is -2.37. The lowest BCUT2D eigenvalue weighted by Gasteiger charge is -2.28. The number of carbonyl (C=O) groups excluding carboxylic acids is 1. The molecule has 0 unspecified atom stereocenters. The third kappa shape index (κ3) is 4.23. The van der Waals surface area contributed by atoms with Crippen LogP contribution in [-0.4, -0.2) is 50.7 Å². The molecule has 0 N–H and O–H groups in total. The van der Waals surface area contributed by atoms with Crippen molar-refractivity contribution in [1.82, 2.24) is 9.21 Å². The Balaban J connectivity index is 2.38. The van der Waals surface area contributed by atoms with Crippen molar-refractivity contribution in [2.24, 2.45) is 0 Å². The van der Waals surface area contributed by atoms with Crippen LogP contribution in [0.15, 0.2) is 17.0 Å². The van der Waals surface area contributed by atoms with Crippen LogP contribution < -0.4 is 0 Å². The Hall–Kier alpha value is -1.40. The third-order valence-electron chi connectivity index (χ3n) is 5.32. The summed E-state index contributed by atoms with van der Waals surface area (Å²) in [6.07, 6.45) is 6.80. The van der Waals surface area contributed by atoms with Crippen LogP contribution >= 0.6 is 0 Å². The zero-order valence-electron chi connectivity index (χ0n) is 16.0. The highest BCUT2D eigenvalue weighted by molar-refractivity contribution is 7.89. The number of rotatable bonds is 4. The van der Waals surface area contributed by atoms with Crippen LogP contribution in [0, 0.1) is 13.8 Å². The average molecular weight is 367 g/mol.